The number of aryl methyl sites for hydroxylation is 2. The van der Waals surface area contributed by atoms with Crippen LogP contribution in [0.3, 0.4) is 0 Å². The molecular weight excluding hydrogens is 432 g/mol. The fourth-order valence-electron chi connectivity index (χ4n) is 4.12. The van der Waals surface area contributed by atoms with Crippen molar-refractivity contribution in [2.45, 2.75) is 31.1 Å². The zero-order valence-corrected chi connectivity index (χ0v) is 19.0. The number of rotatable bonds is 6. The van der Waals surface area contributed by atoms with Gasteiger partial charge >= 0.3 is 5.97 Å². The van der Waals surface area contributed by atoms with E-state index in [0.29, 0.717) is 17.7 Å². The number of hydrogen-bond donors (Lipinski definition) is 0. The lowest BCUT2D eigenvalue weighted by Gasteiger charge is -2.25. The highest BCUT2D eigenvalue weighted by Gasteiger charge is 2.33. The van der Waals surface area contributed by atoms with E-state index in [9.17, 15) is 22.8 Å². The van der Waals surface area contributed by atoms with Gasteiger partial charge in [-0.1, -0.05) is 6.07 Å². The van der Waals surface area contributed by atoms with Gasteiger partial charge in [0.1, 0.15) is 0 Å². The van der Waals surface area contributed by atoms with Crippen LogP contribution in [0.4, 0.5) is 5.69 Å². The molecule has 8 nitrogen and oxygen atoms in total. The molecule has 2 aliphatic heterocycles. The van der Waals surface area contributed by atoms with E-state index in [4.69, 9.17) is 4.74 Å². The molecule has 2 aromatic carbocycles. The molecule has 0 aliphatic carbocycles. The van der Waals surface area contributed by atoms with Gasteiger partial charge in [-0.25, -0.2) is 17.5 Å². The third-order valence-corrected chi connectivity index (χ3v) is 7.68. The molecule has 2 aliphatic rings. The SMILES string of the molecule is Cc1ccc(S(=O)(=O)N(C)C)cc1C(=O)OCC(=O)c1cc2c3c(c1)CC(=O)N3CCC2. The summed E-state index contributed by atoms with van der Waals surface area (Å²) in [6.45, 7) is 1.89. The molecule has 0 N–H and O–H groups in total. The molecule has 0 saturated heterocycles. The third-order valence-electron chi connectivity index (χ3n) is 5.87. The Balaban J connectivity index is 1.52. The number of carbonyl (C=O) groups is 3. The standard InChI is InChI=1S/C23H24N2O6S/c1-14-6-7-18(32(29,30)24(2)3)12-19(14)23(28)31-13-20(26)16-9-15-5-4-8-25-21(27)11-17(10-16)22(15)25/h6-7,9-10,12H,4-5,8,11,13H2,1-3H3. The number of anilines is 1. The van der Waals surface area contributed by atoms with Gasteiger partial charge in [0.15, 0.2) is 12.4 Å². The molecule has 0 aromatic heterocycles. The molecule has 1 amide bonds. The molecule has 32 heavy (non-hydrogen) atoms. The third kappa shape index (κ3) is 3.82. The summed E-state index contributed by atoms with van der Waals surface area (Å²) in [7, 11) is -0.903. The van der Waals surface area contributed by atoms with E-state index in [0.717, 1.165) is 34.0 Å². The first-order chi connectivity index (χ1) is 15.1. The normalized spacial score (nSPS) is 15.1. The largest absolute Gasteiger partial charge is 0.454 e. The molecule has 2 heterocycles. The van der Waals surface area contributed by atoms with Crippen LogP contribution in [0, 0.1) is 6.92 Å². The Hall–Kier alpha value is -3.04. The van der Waals surface area contributed by atoms with Crippen LogP contribution in [0.2, 0.25) is 0 Å². The van der Waals surface area contributed by atoms with Crippen LogP contribution in [0.1, 0.15) is 43.8 Å². The molecule has 0 atom stereocenters. The van der Waals surface area contributed by atoms with E-state index in [1.807, 2.05) is 0 Å². The van der Waals surface area contributed by atoms with Crippen molar-refractivity contribution in [2.75, 3.05) is 32.1 Å². The minimum Gasteiger partial charge on any atom is -0.454 e. The van der Waals surface area contributed by atoms with Gasteiger partial charge < -0.3 is 9.64 Å². The van der Waals surface area contributed by atoms with E-state index in [2.05, 4.69) is 0 Å². The first-order valence-electron chi connectivity index (χ1n) is 10.3. The number of amides is 1. The quantitative estimate of drug-likeness (QED) is 0.488. The fourth-order valence-corrected chi connectivity index (χ4v) is 5.05. The highest BCUT2D eigenvalue weighted by atomic mass is 32.2. The number of esters is 1. The smallest absolute Gasteiger partial charge is 0.338 e. The molecule has 2 aromatic rings. The van der Waals surface area contributed by atoms with E-state index in [1.165, 1.54) is 32.3 Å². The topological polar surface area (TPSA) is 101 Å². The van der Waals surface area contributed by atoms with Crippen LogP contribution >= 0.6 is 0 Å². The van der Waals surface area contributed by atoms with E-state index in [1.54, 1.807) is 24.0 Å². The van der Waals surface area contributed by atoms with E-state index < -0.39 is 22.6 Å². The Labute approximate surface area is 186 Å². The van der Waals surface area contributed by atoms with Gasteiger partial charge in [0.2, 0.25) is 15.9 Å². The van der Waals surface area contributed by atoms with Crippen LogP contribution in [0.15, 0.2) is 35.2 Å². The summed E-state index contributed by atoms with van der Waals surface area (Å²) >= 11 is 0. The van der Waals surface area contributed by atoms with Crippen LogP contribution < -0.4 is 4.90 Å². The fraction of sp³-hybridized carbons (Fsp3) is 0.348. The number of nitrogens with zero attached hydrogens (tertiary/aromatic N) is 2. The predicted octanol–water partition coefficient (Wildman–Crippen LogP) is 2.12. The van der Waals surface area contributed by atoms with Crippen molar-refractivity contribution in [2.24, 2.45) is 0 Å². The first kappa shape index (κ1) is 22.2. The van der Waals surface area contributed by atoms with Gasteiger partial charge in [-0.2, -0.15) is 0 Å². The first-order valence-corrected chi connectivity index (χ1v) is 11.7. The van der Waals surface area contributed by atoms with Crippen LogP contribution in [-0.2, 0) is 32.4 Å². The number of carbonyl (C=O) groups excluding carboxylic acids is 3. The molecule has 0 bridgehead atoms. The lowest BCUT2D eigenvalue weighted by molar-refractivity contribution is -0.117. The Morgan fingerprint density at radius 2 is 1.84 bits per heavy atom. The van der Waals surface area contributed by atoms with Crippen molar-refractivity contribution in [3.63, 3.8) is 0 Å². The van der Waals surface area contributed by atoms with Gasteiger partial charge in [-0.3, -0.25) is 9.59 Å². The van der Waals surface area contributed by atoms with Gasteiger partial charge in [0.25, 0.3) is 0 Å². The molecule has 9 heteroatoms. The number of ketones is 1. The van der Waals surface area contributed by atoms with E-state index >= 15 is 0 Å². The minimum atomic E-state index is -3.71. The summed E-state index contributed by atoms with van der Waals surface area (Å²) in [4.78, 5) is 39.3. The Morgan fingerprint density at radius 3 is 2.56 bits per heavy atom. The molecule has 4 rings (SSSR count). The van der Waals surface area contributed by atoms with E-state index in [-0.39, 0.29) is 28.6 Å². The van der Waals surface area contributed by atoms with Gasteiger partial charge in [0, 0.05) is 26.2 Å². The molecule has 0 fully saturated rings. The lowest BCUT2D eigenvalue weighted by atomic mass is 9.95. The Kier molecular flexibility index (Phi) is 5.64. The second-order valence-electron chi connectivity index (χ2n) is 8.23. The maximum Gasteiger partial charge on any atom is 0.338 e. The van der Waals surface area contributed by atoms with Crippen molar-refractivity contribution in [3.05, 3.63) is 58.1 Å². The summed E-state index contributed by atoms with van der Waals surface area (Å²) in [5.41, 5.74) is 3.76. The monoisotopic (exact) mass is 456 g/mol. The van der Waals surface area contributed by atoms with Gasteiger partial charge in [0.05, 0.1) is 22.6 Å². The van der Waals surface area contributed by atoms with Crippen molar-refractivity contribution in [3.8, 4) is 0 Å². The zero-order valence-electron chi connectivity index (χ0n) is 18.2. The maximum atomic E-state index is 12.8. The van der Waals surface area contributed by atoms with Gasteiger partial charge in [-0.15, -0.1) is 0 Å². The van der Waals surface area contributed by atoms with Crippen molar-refractivity contribution >= 4 is 33.4 Å². The minimum absolute atomic E-state index is 0.0293. The van der Waals surface area contributed by atoms with Crippen molar-refractivity contribution in [1.82, 2.24) is 4.31 Å². The lowest BCUT2D eigenvalue weighted by Crippen LogP contribution is -2.31. The summed E-state index contributed by atoms with van der Waals surface area (Å²) in [5.74, 6) is -1.10. The molecule has 0 unspecified atom stereocenters. The number of ether oxygens (including phenoxy) is 1. The summed E-state index contributed by atoms with van der Waals surface area (Å²) < 4.78 is 31.0. The summed E-state index contributed by atoms with van der Waals surface area (Å²) in [6, 6.07) is 7.69. The van der Waals surface area contributed by atoms with Crippen molar-refractivity contribution < 1.29 is 27.5 Å². The van der Waals surface area contributed by atoms with Crippen molar-refractivity contribution in [1.29, 1.82) is 0 Å². The summed E-state index contributed by atoms with van der Waals surface area (Å²) in [6.07, 6.45) is 1.91. The van der Waals surface area contributed by atoms with Crippen LogP contribution in [0.25, 0.3) is 0 Å². The summed E-state index contributed by atoms with van der Waals surface area (Å²) in [5, 5.41) is 0. The predicted molar refractivity (Wildman–Crippen MR) is 117 cm³/mol. The highest BCUT2D eigenvalue weighted by Crippen LogP contribution is 2.37. The number of Topliss-reactive ketones (excluding diaryl/α,β-unsaturated/α-hetero) is 1. The number of sulfonamides is 1. The second-order valence-corrected chi connectivity index (χ2v) is 10.4. The Bertz CT molecular complexity index is 1250. The molecule has 0 radical (unpaired) electrons. The highest BCUT2D eigenvalue weighted by molar-refractivity contribution is 7.89. The maximum absolute atomic E-state index is 12.8. The van der Waals surface area contributed by atoms with Crippen LogP contribution in [-0.4, -0.2) is 57.6 Å². The number of hydrogen-bond acceptors (Lipinski definition) is 6. The molecule has 168 valence electrons. The second kappa shape index (κ2) is 8.14. The number of benzene rings is 2. The average molecular weight is 457 g/mol. The average Bonchev–Trinajstić information content (AvgIpc) is 3.08. The Morgan fingerprint density at radius 1 is 1.12 bits per heavy atom. The molecular formula is C23H24N2O6S. The van der Waals surface area contributed by atoms with Gasteiger partial charge in [-0.05, 0) is 60.7 Å². The zero-order chi connectivity index (χ0) is 23.2. The molecule has 0 spiro atoms. The molecule has 0 saturated carbocycles. The van der Waals surface area contributed by atoms with Crippen LogP contribution in [0.5, 0.6) is 0 Å².